The maximum atomic E-state index is 12.6. The summed E-state index contributed by atoms with van der Waals surface area (Å²) in [6, 6.07) is 3.53. The molecular formula is C15H17ClN2O6S2. The number of halogens is 1. The molecule has 2 heterocycles. The van der Waals surface area contributed by atoms with Crippen molar-refractivity contribution in [2.24, 2.45) is 0 Å². The number of anilines is 1. The minimum absolute atomic E-state index is 0.00453. The van der Waals surface area contributed by atoms with Gasteiger partial charge < -0.3 is 4.90 Å². The third-order valence-corrected chi connectivity index (χ3v) is 8.33. The molecule has 1 aromatic carbocycles. The van der Waals surface area contributed by atoms with Crippen LogP contribution < -0.4 is 4.31 Å². The molecule has 26 heavy (non-hydrogen) atoms. The molecule has 11 heteroatoms. The molecule has 142 valence electrons. The van der Waals surface area contributed by atoms with Gasteiger partial charge >= 0.3 is 0 Å². The van der Waals surface area contributed by atoms with Crippen molar-refractivity contribution in [3.8, 4) is 0 Å². The number of carbonyl (C=O) groups is 2. The van der Waals surface area contributed by atoms with Gasteiger partial charge in [0.15, 0.2) is 9.84 Å². The number of amides is 2. The van der Waals surface area contributed by atoms with E-state index in [1.807, 2.05) is 0 Å². The Morgan fingerprint density at radius 1 is 1.23 bits per heavy atom. The fraction of sp³-hybridized carbons (Fsp3) is 0.467. The summed E-state index contributed by atoms with van der Waals surface area (Å²) >= 11 is 6.15. The van der Waals surface area contributed by atoms with Crippen molar-refractivity contribution in [3.05, 3.63) is 28.8 Å². The first kappa shape index (κ1) is 19.1. The van der Waals surface area contributed by atoms with E-state index >= 15 is 0 Å². The maximum absolute atomic E-state index is 12.6. The molecule has 0 aliphatic carbocycles. The zero-order valence-electron chi connectivity index (χ0n) is 13.9. The molecule has 8 nitrogen and oxygen atoms in total. The summed E-state index contributed by atoms with van der Waals surface area (Å²) in [5.41, 5.74) is 0.200. The standard InChI is InChI=1S/C15H17ClN2O6S2/c1-17(11-4-6-25(21,22)9-11)15(20)12-3-2-10(8-13(12)16)18-14(19)5-7-26(18,23)24/h2-3,8,11H,4-7,9H2,1H3/t11-/m1/s1. The summed E-state index contributed by atoms with van der Waals surface area (Å²) in [5, 5.41) is -0.00453. The second-order valence-electron chi connectivity index (χ2n) is 6.36. The summed E-state index contributed by atoms with van der Waals surface area (Å²) in [6.07, 6.45) is 0.264. The van der Waals surface area contributed by atoms with Crippen LogP contribution >= 0.6 is 11.6 Å². The van der Waals surface area contributed by atoms with Crippen LogP contribution in [0.2, 0.25) is 5.02 Å². The first-order valence-electron chi connectivity index (χ1n) is 7.85. The van der Waals surface area contributed by atoms with Crippen molar-refractivity contribution >= 4 is 49.0 Å². The van der Waals surface area contributed by atoms with Crippen LogP contribution in [0.3, 0.4) is 0 Å². The average Bonchev–Trinajstić information content (AvgIpc) is 3.04. The van der Waals surface area contributed by atoms with E-state index in [1.165, 1.54) is 30.1 Å². The summed E-state index contributed by atoms with van der Waals surface area (Å²) in [5.74, 6) is -1.32. The number of sulfonamides is 1. The molecular weight excluding hydrogens is 404 g/mol. The van der Waals surface area contributed by atoms with Crippen LogP contribution in [0.15, 0.2) is 18.2 Å². The molecule has 2 amide bonds. The van der Waals surface area contributed by atoms with Gasteiger partial charge in [0.25, 0.3) is 5.91 Å². The van der Waals surface area contributed by atoms with Gasteiger partial charge in [-0.05, 0) is 24.6 Å². The van der Waals surface area contributed by atoms with Gasteiger partial charge in [0.1, 0.15) is 0 Å². The van der Waals surface area contributed by atoms with Crippen LogP contribution in [-0.4, -0.2) is 63.9 Å². The van der Waals surface area contributed by atoms with Gasteiger partial charge in [-0.1, -0.05) is 11.6 Å². The smallest absolute Gasteiger partial charge is 0.255 e. The van der Waals surface area contributed by atoms with Crippen LogP contribution in [-0.2, 0) is 24.7 Å². The molecule has 0 spiro atoms. The monoisotopic (exact) mass is 420 g/mol. The highest BCUT2D eigenvalue weighted by atomic mass is 35.5. The first-order chi connectivity index (χ1) is 12.0. The lowest BCUT2D eigenvalue weighted by molar-refractivity contribution is -0.116. The van der Waals surface area contributed by atoms with Gasteiger partial charge in [0.2, 0.25) is 15.9 Å². The summed E-state index contributed by atoms with van der Waals surface area (Å²) < 4.78 is 47.8. The van der Waals surface area contributed by atoms with Crippen LogP contribution in [0.5, 0.6) is 0 Å². The lowest BCUT2D eigenvalue weighted by Gasteiger charge is -2.24. The molecule has 2 aliphatic heterocycles. The number of hydrogen-bond acceptors (Lipinski definition) is 6. The Morgan fingerprint density at radius 2 is 1.92 bits per heavy atom. The molecule has 0 aromatic heterocycles. The Kier molecular flexibility index (Phi) is 4.78. The predicted molar refractivity (Wildman–Crippen MR) is 96.5 cm³/mol. The number of rotatable bonds is 3. The molecule has 0 radical (unpaired) electrons. The Morgan fingerprint density at radius 3 is 2.42 bits per heavy atom. The summed E-state index contributed by atoms with van der Waals surface area (Å²) in [6.45, 7) is 0. The van der Waals surface area contributed by atoms with Crippen molar-refractivity contribution in [2.45, 2.75) is 18.9 Å². The van der Waals surface area contributed by atoms with E-state index in [4.69, 9.17) is 11.6 Å². The minimum Gasteiger partial charge on any atom is -0.338 e. The molecule has 2 aliphatic rings. The van der Waals surface area contributed by atoms with E-state index in [-0.39, 0.29) is 40.0 Å². The first-order valence-corrected chi connectivity index (χ1v) is 11.7. The number of nitrogens with zero attached hydrogens (tertiary/aromatic N) is 2. The lowest BCUT2D eigenvalue weighted by atomic mass is 10.1. The number of carbonyl (C=O) groups excluding carboxylic acids is 2. The van der Waals surface area contributed by atoms with Gasteiger partial charge in [-0.2, -0.15) is 0 Å². The molecule has 3 rings (SSSR count). The van der Waals surface area contributed by atoms with Crippen LogP contribution in [0.4, 0.5) is 5.69 Å². The second-order valence-corrected chi connectivity index (χ2v) is 10.9. The molecule has 2 saturated heterocycles. The zero-order chi connectivity index (χ0) is 19.3. The zero-order valence-corrected chi connectivity index (χ0v) is 16.3. The summed E-state index contributed by atoms with van der Waals surface area (Å²) in [4.78, 5) is 25.8. The third-order valence-electron chi connectivity index (χ3n) is 4.57. The normalized spacial score (nSPS) is 24.0. The Bertz CT molecular complexity index is 989. The number of benzene rings is 1. The van der Waals surface area contributed by atoms with Crippen LogP contribution in [0.1, 0.15) is 23.2 Å². The topological polar surface area (TPSA) is 109 Å². The molecule has 1 atom stereocenters. The molecule has 0 N–H and O–H groups in total. The molecule has 0 saturated carbocycles. The van der Waals surface area contributed by atoms with E-state index in [9.17, 15) is 26.4 Å². The van der Waals surface area contributed by atoms with Crippen molar-refractivity contribution in [2.75, 3.05) is 28.6 Å². The highest BCUT2D eigenvalue weighted by Crippen LogP contribution is 2.30. The largest absolute Gasteiger partial charge is 0.338 e. The fourth-order valence-electron chi connectivity index (χ4n) is 3.11. The second kappa shape index (κ2) is 6.50. The van der Waals surface area contributed by atoms with Crippen LogP contribution in [0, 0.1) is 0 Å². The SMILES string of the molecule is CN(C(=O)c1ccc(N2C(=O)CCS2(=O)=O)cc1Cl)[C@@H]1CCS(=O)(=O)C1. The van der Waals surface area contributed by atoms with E-state index in [0.717, 1.165) is 0 Å². The van der Waals surface area contributed by atoms with Gasteiger partial charge in [-0.15, -0.1) is 0 Å². The quantitative estimate of drug-likeness (QED) is 0.710. The Hall–Kier alpha value is -1.65. The van der Waals surface area contributed by atoms with Crippen molar-refractivity contribution in [1.82, 2.24) is 4.90 Å². The number of hydrogen-bond donors (Lipinski definition) is 0. The summed E-state index contributed by atoms with van der Waals surface area (Å²) in [7, 11) is -5.35. The third kappa shape index (κ3) is 3.45. The van der Waals surface area contributed by atoms with E-state index in [0.29, 0.717) is 10.7 Å². The van der Waals surface area contributed by atoms with E-state index in [2.05, 4.69) is 0 Å². The highest BCUT2D eigenvalue weighted by molar-refractivity contribution is 7.94. The van der Waals surface area contributed by atoms with Crippen LogP contribution in [0.25, 0.3) is 0 Å². The highest BCUT2D eigenvalue weighted by Gasteiger charge is 2.37. The predicted octanol–water partition coefficient (Wildman–Crippen LogP) is 0.666. The van der Waals surface area contributed by atoms with Gasteiger partial charge in [0.05, 0.1) is 33.5 Å². The number of sulfone groups is 1. The van der Waals surface area contributed by atoms with Crippen molar-refractivity contribution in [1.29, 1.82) is 0 Å². The Labute approximate surface area is 156 Å². The molecule has 0 unspecified atom stereocenters. The van der Waals surface area contributed by atoms with Gasteiger partial charge in [-0.25, -0.2) is 21.1 Å². The fourth-order valence-corrected chi connectivity index (χ4v) is 6.59. The van der Waals surface area contributed by atoms with Crippen molar-refractivity contribution in [3.63, 3.8) is 0 Å². The minimum atomic E-state index is -3.72. The lowest BCUT2D eigenvalue weighted by Crippen LogP contribution is -2.38. The van der Waals surface area contributed by atoms with E-state index < -0.39 is 37.7 Å². The van der Waals surface area contributed by atoms with Crippen molar-refractivity contribution < 1.29 is 26.4 Å². The molecule has 0 bridgehead atoms. The van der Waals surface area contributed by atoms with Gasteiger partial charge in [-0.3, -0.25) is 9.59 Å². The van der Waals surface area contributed by atoms with E-state index in [1.54, 1.807) is 0 Å². The Balaban J connectivity index is 1.86. The average molecular weight is 421 g/mol. The molecule has 2 fully saturated rings. The maximum Gasteiger partial charge on any atom is 0.255 e. The van der Waals surface area contributed by atoms with Gasteiger partial charge in [0, 0.05) is 19.5 Å². The molecule has 1 aromatic rings.